The summed E-state index contributed by atoms with van der Waals surface area (Å²) >= 11 is 0. The lowest BCUT2D eigenvalue weighted by Gasteiger charge is -2.05. The summed E-state index contributed by atoms with van der Waals surface area (Å²) < 4.78 is 0. The van der Waals surface area contributed by atoms with Crippen molar-refractivity contribution >= 4 is 11.6 Å². The Morgan fingerprint density at radius 1 is 1.06 bits per heavy atom. The maximum Gasteiger partial charge on any atom is 0.227 e. The molecular weight excluding hydrogens is 210 g/mol. The average molecular weight is 227 g/mol. The Balaban J connectivity index is 1.98. The Hall–Kier alpha value is -1.90. The quantitative estimate of drug-likeness (QED) is 0.848. The van der Waals surface area contributed by atoms with E-state index in [2.05, 4.69) is 46.5 Å². The predicted molar refractivity (Wildman–Crippen MR) is 70.4 cm³/mol. The van der Waals surface area contributed by atoms with Crippen LogP contribution in [0.3, 0.4) is 0 Å². The molecule has 88 valence electrons. The summed E-state index contributed by atoms with van der Waals surface area (Å²) in [7, 11) is 0. The van der Waals surface area contributed by atoms with E-state index in [1.165, 1.54) is 18.4 Å². The number of rotatable bonds is 5. The topological polar surface area (TPSA) is 37.8 Å². The van der Waals surface area contributed by atoms with Gasteiger partial charge in [0.2, 0.25) is 5.95 Å². The van der Waals surface area contributed by atoms with Gasteiger partial charge in [-0.2, -0.15) is 0 Å². The minimum Gasteiger partial charge on any atom is -0.324 e. The van der Waals surface area contributed by atoms with Gasteiger partial charge in [0.25, 0.3) is 0 Å². The number of nitrogens with zero attached hydrogens (tertiary/aromatic N) is 2. The number of nitrogens with one attached hydrogen (secondary N) is 1. The van der Waals surface area contributed by atoms with Crippen LogP contribution >= 0.6 is 0 Å². The Morgan fingerprint density at radius 2 is 1.76 bits per heavy atom. The Morgan fingerprint density at radius 3 is 2.41 bits per heavy atom. The van der Waals surface area contributed by atoms with Crippen LogP contribution in [-0.2, 0) is 6.42 Å². The molecule has 17 heavy (non-hydrogen) atoms. The first kappa shape index (κ1) is 11.6. The van der Waals surface area contributed by atoms with Crippen LogP contribution in [0.2, 0.25) is 0 Å². The molecule has 0 radical (unpaired) electrons. The average Bonchev–Trinajstić information content (AvgIpc) is 2.39. The van der Waals surface area contributed by atoms with Gasteiger partial charge in [-0.05, 0) is 36.6 Å². The molecule has 1 aromatic carbocycles. The maximum atomic E-state index is 4.12. The molecule has 0 unspecified atom stereocenters. The van der Waals surface area contributed by atoms with Crippen LogP contribution in [0, 0.1) is 0 Å². The minimum absolute atomic E-state index is 0.633. The molecule has 3 heteroatoms. The summed E-state index contributed by atoms with van der Waals surface area (Å²) in [6.07, 6.45) is 7.08. The van der Waals surface area contributed by atoms with Crippen molar-refractivity contribution in [1.82, 2.24) is 9.97 Å². The monoisotopic (exact) mass is 227 g/mol. The molecule has 1 heterocycles. The molecule has 0 aliphatic rings. The zero-order valence-electron chi connectivity index (χ0n) is 10.1. The van der Waals surface area contributed by atoms with E-state index in [4.69, 9.17) is 0 Å². The number of hydrogen-bond acceptors (Lipinski definition) is 3. The number of benzene rings is 1. The van der Waals surface area contributed by atoms with Crippen LogP contribution < -0.4 is 5.32 Å². The summed E-state index contributed by atoms with van der Waals surface area (Å²) in [5, 5.41) is 3.16. The fourth-order valence-corrected chi connectivity index (χ4v) is 1.63. The second-order valence-electron chi connectivity index (χ2n) is 4.00. The van der Waals surface area contributed by atoms with Gasteiger partial charge in [-0.15, -0.1) is 0 Å². The van der Waals surface area contributed by atoms with E-state index in [1.807, 2.05) is 0 Å². The van der Waals surface area contributed by atoms with Crippen molar-refractivity contribution in [2.24, 2.45) is 0 Å². The highest BCUT2D eigenvalue weighted by molar-refractivity contribution is 5.53. The van der Waals surface area contributed by atoms with Crippen molar-refractivity contribution in [3.8, 4) is 0 Å². The molecule has 0 aliphatic carbocycles. The first-order valence-electron chi connectivity index (χ1n) is 6.01. The van der Waals surface area contributed by atoms with Crippen molar-refractivity contribution < 1.29 is 0 Å². The first-order valence-corrected chi connectivity index (χ1v) is 6.01. The Labute approximate surface area is 102 Å². The molecule has 1 N–H and O–H groups in total. The SMILES string of the molecule is CCCCc1ccc(Nc2ncccn2)cc1. The summed E-state index contributed by atoms with van der Waals surface area (Å²) in [5.74, 6) is 0.633. The van der Waals surface area contributed by atoms with Gasteiger partial charge in [0, 0.05) is 18.1 Å². The Kier molecular flexibility index (Phi) is 4.08. The van der Waals surface area contributed by atoms with Crippen molar-refractivity contribution in [3.63, 3.8) is 0 Å². The van der Waals surface area contributed by atoms with Crippen molar-refractivity contribution in [3.05, 3.63) is 48.3 Å². The third-order valence-electron chi connectivity index (χ3n) is 2.59. The van der Waals surface area contributed by atoms with Crippen LogP contribution in [0.25, 0.3) is 0 Å². The summed E-state index contributed by atoms with van der Waals surface area (Å²) in [5.41, 5.74) is 2.41. The predicted octanol–water partition coefficient (Wildman–Crippen LogP) is 3.56. The molecule has 0 atom stereocenters. The van der Waals surface area contributed by atoms with E-state index in [0.717, 1.165) is 12.1 Å². The van der Waals surface area contributed by atoms with E-state index >= 15 is 0 Å². The lowest BCUT2D eigenvalue weighted by molar-refractivity contribution is 0.795. The van der Waals surface area contributed by atoms with Gasteiger partial charge in [0.1, 0.15) is 0 Å². The lowest BCUT2D eigenvalue weighted by atomic mass is 10.1. The number of hydrogen-bond donors (Lipinski definition) is 1. The van der Waals surface area contributed by atoms with Gasteiger partial charge in [0.15, 0.2) is 0 Å². The highest BCUT2D eigenvalue weighted by Gasteiger charge is 1.97. The summed E-state index contributed by atoms with van der Waals surface area (Å²) in [6.45, 7) is 2.21. The fraction of sp³-hybridized carbons (Fsp3) is 0.286. The van der Waals surface area contributed by atoms with Crippen LogP contribution in [0.5, 0.6) is 0 Å². The van der Waals surface area contributed by atoms with Crippen LogP contribution in [0.4, 0.5) is 11.6 Å². The van der Waals surface area contributed by atoms with Crippen LogP contribution in [0.15, 0.2) is 42.7 Å². The first-order chi connectivity index (χ1) is 8.38. The van der Waals surface area contributed by atoms with Gasteiger partial charge >= 0.3 is 0 Å². The number of aromatic nitrogens is 2. The fourth-order valence-electron chi connectivity index (χ4n) is 1.63. The summed E-state index contributed by atoms with van der Waals surface area (Å²) in [6, 6.07) is 10.3. The molecular formula is C14H17N3. The largest absolute Gasteiger partial charge is 0.324 e. The molecule has 0 amide bonds. The van der Waals surface area contributed by atoms with Gasteiger partial charge in [0.05, 0.1) is 0 Å². The highest BCUT2D eigenvalue weighted by atomic mass is 15.1. The van der Waals surface area contributed by atoms with Crippen LogP contribution in [0.1, 0.15) is 25.3 Å². The minimum atomic E-state index is 0.633. The normalized spacial score (nSPS) is 10.2. The van der Waals surface area contributed by atoms with Crippen molar-refractivity contribution in [2.45, 2.75) is 26.2 Å². The van der Waals surface area contributed by atoms with Crippen LogP contribution in [-0.4, -0.2) is 9.97 Å². The second kappa shape index (κ2) is 5.99. The molecule has 1 aromatic heterocycles. The van der Waals surface area contributed by atoms with E-state index < -0.39 is 0 Å². The number of anilines is 2. The van der Waals surface area contributed by atoms with Gasteiger partial charge in [-0.1, -0.05) is 25.5 Å². The second-order valence-corrected chi connectivity index (χ2v) is 4.00. The zero-order valence-corrected chi connectivity index (χ0v) is 10.1. The molecule has 0 saturated carbocycles. The third-order valence-corrected chi connectivity index (χ3v) is 2.59. The Bertz CT molecular complexity index is 437. The van der Waals surface area contributed by atoms with Gasteiger partial charge < -0.3 is 5.32 Å². The smallest absolute Gasteiger partial charge is 0.227 e. The molecule has 0 bridgehead atoms. The van der Waals surface area contributed by atoms with E-state index in [9.17, 15) is 0 Å². The van der Waals surface area contributed by atoms with E-state index in [-0.39, 0.29) is 0 Å². The molecule has 0 aliphatic heterocycles. The number of aryl methyl sites for hydroxylation is 1. The standard InChI is InChI=1S/C14H17N3/c1-2-3-5-12-6-8-13(9-7-12)17-14-15-10-4-11-16-14/h4,6-11H,2-3,5H2,1H3,(H,15,16,17). The highest BCUT2D eigenvalue weighted by Crippen LogP contribution is 2.14. The zero-order chi connectivity index (χ0) is 11.9. The van der Waals surface area contributed by atoms with E-state index in [0.29, 0.717) is 5.95 Å². The molecule has 0 saturated heterocycles. The molecule has 0 fully saturated rings. The van der Waals surface area contributed by atoms with Gasteiger partial charge in [-0.25, -0.2) is 9.97 Å². The third kappa shape index (κ3) is 3.55. The van der Waals surface area contributed by atoms with E-state index in [1.54, 1.807) is 18.5 Å². The van der Waals surface area contributed by atoms with Gasteiger partial charge in [-0.3, -0.25) is 0 Å². The molecule has 0 spiro atoms. The molecule has 3 nitrogen and oxygen atoms in total. The molecule has 2 aromatic rings. The lowest BCUT2D eigenvalue weighted by Crippen LogP contribution is -1.95. The van der Waals surface area contributed by atoms with Crippen molar-refractivity contribution in [2.75, 3.05) is 5.32 Å². The summed E-state index contributed by atoms with van der Waals surface area (Å²) in [4.78, 5) is 8.25. The maximum absolute atomic E-state index is 4.12. The number of unbranched alkanes of at least 4 members (excludes halogenated alkanes) is 1. The molecule has 2 rings (SSSR count). The van der Waals surface area contributed by atoms with Crippen molar-refractivity contribution in [1.29, 1.82) is 0 Å².